The molecule has 3 N–H and O–H groups in total. The highest BCUT2D eigenvalue weighted by Gasteiger charge is 2.07. The smallest absolute Gasteiger partial charge is 0.170 e. The third kappa shape index (κ3) is 3.60. The molecule has 0 aliphatic heterocycles. The molecule has 0 bridgehead atoms. The Balaban J connectivity index is 0.000000956. The zero-order chi connectivity index (χ0) is 15.0. The third-order valence-corrected chi connectivity index (χ3v) is 2.98. The molecular formula is C17H22N2O. The largest absolute Gasteiger partial charge is 0.409 e. The summed E-state index contributed by atoms with van der Waals surface area (Å²) >= 11 is 0. The van der Waals surface area contributed by atoms with Crippen LogP contribution in [0.4, 0.5) is 0 Å². The van der Waals surface area contributed by atoms with Crippen LogP contribution < -0.4 is 5.73 Å². The Bertz CT molecular complexity index is 559. The molecule has 20 heavy (non-hydrogen) atoms. The highest BCUT2D eigenvalue weighted by Crippen LogP contribution is 2.24. The van der Waals surface area contributed by atoms with E-state index in [0.29, 0.717) is 0 Å². The van der Waals surface area contributed by atoms with E-state index in [1.54, 1.807) is 0 Å². The first-order chi connectivity index (χ1) is 9.76. The van der Waals surface area contributed by atoms with Crippen molar-refractivity contribution < 1.29 is 5.21 Å². The fourth-order valence-electron chi connectivity index (χ4n) is 1.93. The van der Waals surface area contributed by atoms with Gasteiger partial charge in [0.15, 0.2) is 5.84 Å². The molecule has 0 radical (unpaired) electrons. The summed E-state index contributed by atoms with van der Waals surface area (Å²) in [5, 5.41) is 11.9. The van der Waals surface area contributed by atoms with E-state index >= 15 is 0 Å². The van der Waals surface area contributed by atoms with Gasteiger partial charge in [-0.05, 0) is 23.1 Å². The molecule has 106 valence electrons. The molecule has 0 heterocycles. The van der Waals surface area contributed by atoms with Crippen LogP contribution in [-0.2, 0) is 6.42 Å². The molecular weight excluding hydrogens is 248 g/mol. The number of hydrogen-bond donors (Lipinski definition) is 2. The highest BCUT2D eigenvalue weighted by molar-refractivity contribution is 6.03. The van der Waals surface area contributed by atoms with E-state index in [-0.39, 0.29) is 5.84 Å². The van der Waals surface area contributed by atoms with Gasteiger partial charge in [-0.15, -0.1) is 0 Å². The minimum Gasteiger partial charge on any atom is -0.409 e. The Kier molecular flexibility index (Phi) is 6.30. The summed E-state index contributed by atoms with van der Waals surface area (Å²) in [5.41, 5.74) is 9.75. The maximum Gasteiger partial charge on any atom is 0.170 e. The molecule has 2 aromatic rings. The average Bonchev–Trinajstić information content (AvgIpc) is 2.56. The average molecular weight is 270 g/mol. The summed E-state index contributed by atoms with van der Waals surface area (Å²) < 4.78 is 0. The molecule has 0 aliphatic carbocycles. The number of hydrogen-bond acceptors (Lipinski definition) is 2. The topological polar surface area (TPSA) is 58.6 Å². The first-order valence-corrected chi connectivity index (χ1v) is 6.92. The van der Waals surface area contributed by atoms with Gasteiger partial charge in [-0.1, -0.05) is 74.5 Å². The number of amidine groups is 1. The van der Waals surface area contributed by atoms with Crippen LogP contribution in [0.5, 0.6) is 0 Å². The van der Waals surface area contributed by atoms with Crippen molar-refractivity contribution in [1.82, 2.24) is 0 Å². The normalized spacial score (nSPS) is 10.7. The van der Waals surface area contributed by atoms with Crippen LogP contribution in [-0.4, -0.2) is 11.0 Å². The van der Waals surface area contributed by atoms with Crippen molar-refractivity contribution in [2.75, 3.05) is 0 Å². The SMILES string of the molecule is CC.CCc1ccc(-c2ccccc2/C(N)=N/O)cc1. The predicted octanol–water partition coefficient (Wildman–Crippen LogP) is 4.04. The van der Waals surface area contributed by atoms with Gasteiger partial charge in [0.2, 0.25) is 0 Å². The summed E-state index contributed by atoms with van der Waals surface area (Å²) in [6.45, 7) is 6.12. The van der Waals surface area contributed by atoms with E-state index in [0.717, 1.165) is 23.1 Å². The van der Waals surface area contributed by atoms with E-state index in [2.05, 4.69) is 36.3 Å². The van der Waals surface area contributed by atoms with Gasteiger partial charge in [-0.3, -0.25) is 0 Å². The van der Waals surface area contributed by atoms with Gasteiger partial charge in [0.05, 0.1) is 0 Å². The molecule has 0 atom stereocenters. The van der Waals surface area contributed by atoms with Crippen LogP contribution in [0.25, 0.3) is 11.1 Å². The molecule has 2 rings (SSSR count). The van der Waals surface area contributed by atoms with E-state index in [1.165, 1.54) is 5.56 Å². The quantitative estimate of drug-likeness (QED) is 0.383. The van der Waals surface area contributed by atoms with Crippen LogP contribution >= 0.6 is 0 Å². The van der Waals surface area contributed by atoms with Crippen molar-refractivity contribution in [2.24, 2.45) is 10.9 Å². The molecule has 2 aromatic carbocycles. The van der Waals surface area contributed by atoms with Crippen molar-refractivity contribution in [3.8, 4) is 11.1 Å². The summed E-state index contributed by atoms with van der Waals surface area (Å²) in [5.74, 6) is 0.130. The van der Waals surface area contributed by atoms with Gasteiger partial charge in [0.1, 0.15) is 0 Å². The first kappa shape index (κ1) is 15.8. The Morgan fingerprint density at radius 2 is 1.65 bits per heavy atom. The van der Waals surface area contributed by atoms with Crippen molar-refractivity contribution in [3.63, 3.8) is 0 Å². The second kappa shape index (κ2) is 8.00. The monoisotopic (exact) mass is 270 g/mol. The van der Waals surface area contributed by atoms with E-state index in [4.69, 9.17) is 10.9 Å². The predicted molar refractivity (Wildman–Crippen MR) is 85.1 cm³/mol. The minimum absolute atomic E-state index is 0.130. The highest BCUT2D eigenvalue weighted by atomic mass is 16.4. The fraction of sp³-hybridized carbons (Fsp3) is 0.235. The number of rotatable bonds is 3. The third-order valence-electron chi connectivity index (χ3n) is 2.98. The lowest BCUT2D eigenvalue weighted by Gasteiger charge is -2.08. The summed E-state index contributed by atoms with van der Waals surface area (Å²) in [4.78, 5) is 0. The fourth-order valence-corrected chi connectivity index (χ4v) is 1.93. The lowest BCUT2D eigenvalue weighted by atomic mass is 9.98. The van der Waals surface area contributed by atoms with Gasteiger partial charge < -0.3 is 10.9 Å². The van der Waals surface area contributed by atoms with Crippen molar-refractivity contribution in [1.29, 1.82) is 0 Å². The first-order valence-electron chi connectivity index (χ1n) is 6.92. The number of benzene rings is 2. The molecule has 3 heteroatoms. The standard InChI is InChI=1S/C15H16N2O.C2H6/c1-2-11-7-9-12(10-8-11)13-5-3-4-6-14(13)15(16)17-18;1-2/h3-10,18H,2H2,1H3,(H2,16,17);1-2H3. The summed E-state index contributed by atoms with van der Waals surface area (Å²) in [6.07, 6.45) is 1.02. The van der Waals surface area contributed by atoms with Crippen LogP contribution in [0.15, 0.2) is 53.7 Å². The van der Waals surface area contributed by atoms with Crippen molar-refractivity contribution in [2.45, 2.75) is 27.2 Å². The molecule has 0 aromatic heterocycles. The van der Waals surface area contributed by atoms with Crippen LogP contribution in [0.2, 0.25) is 0 Å². The van der Waals surface area contributed by atoms with Gasteiger partial charge in [0.25, 0.3) is 0 Å². The van der Waals surface area contributed by atoms with E-state index < -0.39 is 0 Å². The van der Waals surface area contributed by atoms with Gasteiger partial charge >= 0.3 is 0 Å². The molecule has 0 saturated heterocycles. The lowest BCUT2D eigenvalue weighted by Crippen LogP contribution is -2.14. The second-order valence-corrected chi connectivity index (χ2v) is 4.08. The number of nitrogens with two attached hydrogens (primary N) is 1. The molecule has 3 nitrogen and oxygen atoms in total. The second-order valence-electron chi connectivity index (χ2n) is 4.08. The van der Waals surface area contributed by atoms with Crippen molar-refractivity contribution in [3.05, 3.63) is 59.7 Å². The Morgan fingerprint density at radius 3 is 2.20 bits per heavy atom. The maximum absolute atomic E-state index is 8.80. The molecule has 0 aliphatic rings. The molecule has 0 fully saturated rings. The minimum atomic E-state index is 0.130. The Labute approximate surface area is 120 Å². The summed E-state index contributed by atoms with van der Waals surface area (Å²) in [7, 11) is 0. The lowest BCUT2D eigenvalue weighted by molar-refractivity contribution is 0.318. The maximum atomic E-state index is 8.80. The Hall–Kier alpha value is -2.29. The molecule has 0 spiro atoms. The zero-order valence-corrected chi connectivity index (χ0v) is 12.3. The Morgan fingerprint density at radius 1 is 1.05 bits per heavy atom. The molecule has 0 unspecified atom stereocenters. The zero-order valence-electron chi connectivity index (χ0n) is 12.3. The van der Waals surface area contributed by atoms with Gasteiger partial charge in [-0.25, -0.2) is 0 Å². The number of aryl methyl sites for hydroxylation is 1. The van der Waals surface area contributed by atoms with Gasteiger partial charge in [0, 0.05) is 5.56 Å². The number of nitrogens with zero attached hydrogens (tertiary/aromatic N) is 1. The number of oxime groups is 1. The van der Waals surface area contributed by atoms with E-state index in [1.807, 2.05) is 38.1 Å². The van der Waals surface area contributed by atoms with Gasteiger partial charge in [-0.2, -0.15) is 0 Å². The summed E-state index contributed by atoms with van der Waals surface area (Å²) in [6, 6.07) is 15.9. The molecule has 0 amide bonds. The van der Waals surface area contributed by atoms with E-state index in [9.17, 15) is 0 Å². The van der Waals surface area contributed by atoms with Crippen LogP contribution in [0.1, 0.15) is 31.9 Å². The van der Waals surface area contributed by atoms with Crippen LogP contribution in [0, 0.1) is 0 Å². The van der Waals surface area contributed by atoms with Crippen LogP contribution in [0.3, 0.4) is 0 Å². The molecule has 0 saturated carbocycles. The van der Waals surface area contributed by atoms with Crippen molar-refractivity contribution >= 4 is 5.84 Å².